The van der Waals surface area contributed by atoms with Crippen LogP contribution in [0.1, 0.15) is 44.9 Å². The molecule has 1 aliphatic rings. The monoisotopic (exact) mass is 266 g/mol. The maximum absolute atomic E-state index is 5.68. The van der Waals surface area contributed by atoms with Crippen LogP contribution < -0.4 is 5.32 Å². The first-order valence-electron chi connectivity index (χ1n) is 7.49. The Morgan fingerprint density at radius 1 is 1.58 bits per heavy atom. The summed E-state index contributed by atoms with van der Waals surface area (Å²) in [5.41, 5.74) is 0. The molecule has 5 nitrogen and oxygen atoms in total. The van der Waals surface area contributed by atoms with Crippen LogP contribution in [0.2, 0.25) is 0 Å². The Kier molecular flexibility index (Phi) is 5.79. The Morgan fingerprint density at radius 3 is 3.16 bits per heavy atom. The highest BCUT2D eigenvalue weighted by atomic mass is 16.5. The normalized spacial score (nSPS) is 20.8. The molecule has 0 amide bonds. The van der Waals surface area contributed by atoms with E-state index < -0.39 is 0 Å². The van der Waals surface area contributed by atoms with Gasteiger partial charge in [0.25, 0.3) is 0 Å². The van der Waals surface area contributed by atoms with Crippen LogP contribution in [-0.4, -0.2) is 40.6 Å². The minimum Gasteiger partial charge on any atom is -0.378 e. The van der Waals surface area contributed by atoms with E-state index in [9.17, 15) is 0 Å². The molecule has 2 rings (SSSR count). The molecule has 0 spiro atoms. The van der Waals surface area contributed by atoms with Gasteiger partial charge in [0.15, 0.2) is 0 Å². The van der Waals surface area contributed by atoms with Crippen molar-refractivity contribution in [1.29, 1.82) is 0 Å². The average molecular weight is 266 g/mol. The van der Waals surface area contributed by atoms with Gasteiger partial charge in [0.05, 0.1) is 6.10 Å². The first-order chi connectivity index (χ1) is 9.33. The highest BCUT2D eigenvalue weighted by Gasteiger charge is 2.18. The van der Waals surface area contributed by atoms with Crippen molar-refractivity contribution in [3.63, 3.8) is 0 Å². The van der Waals surface area contributed by atoms with E-state index in [0.29, 0.717) is 12.1 Å². The van der Waals surface area contributed by atoms with Crippen LogP contribution in [-0.2, 0) is 17.7 Å². The van der Waals surface area contributed by atoms with Crippen molar-refractivity contribution < 1.29 is 4.74 Å². The second-order valence-electron chi connectivity index (χ2n) is 5.30. The SMILES string of the molecule is CCCn1ncnc1CC(CCC1CCCO1)NC. The molecule has 0 bridgehead atoms. The smallest absolute Gasteiger partial charge is 0.138 e. The van der Waals surface area contributed by atoms with E-state index in [1.165, 1.54) is 12.8 Å². The van der Waals surface area contributed by atoms with E-state index in [4.69, 9.17) is 4.74 Å². The third-order valence-electron chi connectivity index (χ3n) is 3.83. The van der Waals surface area contributed by atoms with Crippen molar-refractivity contribution in [3.05, 3.63) is 12.2 Å². The second-order valence-corrected chi connectivity index (χ2v) is 5.30. The minimum absolute atomic E-state index is 0.462. The van der Waals surface area contributed by atoms with Crippen LogP contribution in [0.4, 0.5) is 0 Å². The van der Waals surface area contributed by atoms with Gasteiger partial charge in [-0.3, -0.25) is 4.68 Å². The molecule has 0 aromatic carbocycles. The molecule has 2 unspecified atom stereocenters. The molecule has 2 heterocycles. The number of ether oxygens (including phenoxy) is 1. The molecule has 1 N–H and O–H groups in total. The third kappa shape index (κ3) is 4.28. The summed E-state index contributed by atoms with van der Waals surface area (Å²) in [7, 11) is 2.03. The third-order valence-corrected chi connectivity index (χ3v) is 3.83. The number of nitrogens with one attached hydrogen (secondary N) is 1. The molecule has 1 saturated heterocycles. The van der Waals surface area contributed by atoms with Gasteiger partial charge in [0.1, 0.15) is 12.2 Å². The van der Waals surface area contributed by atoms with Crippen LogP contribution in [0, 0.1) is 0 Å². The minimum atomic E-state index is 0.462. The van der Waals surface area contributed by atoms with E-state index in [1.807, 2.05) is 11.7 Å². The lowest BCUT2D eigenvalue weighted by atomic mass is 10.0. The molecular weight excluding hydrogens is 240 g/mol. The van der Waals surface area contributed by atoms with Crippen LogP contribution >= 0.6 is 0 Å². The Labute approximate surface area is 115 Å². The van der Waals surface area contributed by atoms with Crippen molar-refractivity contribution in [3.8, 4) is 0 Å². The van der Waals surface area contributed by atoms with Gasteiger partial charge in [-0.05, 0) is 39.2 Å². The highest BCUT2D eigenvalue weighted by Crippen LogP contribution is 2.18. The molecule has 0 aliphatic carbocycles. The van der Waals surface area contributed by atoms with E-state index in [-0.39, 0.29) is 0 Å². The maximum atomic E-state index is 5.68. The number of aromatic nitrogens is 3. The summed E-state index contributed by atoms with van der Waals surface area (Å²) >= 11 is 0. The fourth-order valence-electron chi connectivity index (χ4n) is 2.67. The predicted molar refractivity (Wildman–Crippen MR) is 75.1 cm³/mol. The zero-order valence-corrected chi connectivity index (χ0v) is 12.1. The first-order valence-corrected chi connectivity index (χ1v) is 7.49. The summed E-state index contributed by atoms with van der Waals surface area (Å²) in [6, 6.07) is 0.462. The standard InChI is InChI=1S/C14H26N4O/c1-3-8-18-14(16-11-17-18)10-12(15-2)6-7-13-5-4-9-19-13/h11-13,15H,3-10H2,1-2H3. The maximum Gasteiger partial charge on any atom is 0.138 e. The van der Waals surface area contributed by atoms with Crippen LogP contribution in [0.25, 0.3) is 0 Å². The fourth-order valence-corrected chi connectivity index (χ4v) is 2.67. The van der Waals surface area contributed by atoms with Crippen molar-refractivity contribution in [1.82, 2.24) is 20.1 Å². The van der Waals surface area contributed by atoms with E-state index in [0.717, 1.165) is 44.7 Å². The Morgan fingerprint density at radius 2 is 2.47 bits per heavy atom. The number of likely N-dealkylation sites (N-methyl/N-ethyl adjacent to an activating group) is 1. The lowest BCUT2D eigenvalue weighted by Crippen LogP contribution is -2.30. The Hall–Kier alpha value is -0.940. The van der Waals surface area contributed by atoms with Gasteiger partial charge in [-0.2, -0.15) is 5.10 Å². The van der Waals surface area contributed by atoms with Gasteiger partial charge in [-0.25, -0.2) is 4.98 Å². The zero-order valence-electron chi connectivity index (χ0n) is 12.1. The number of aryl methyl sites for hydroxylation is 1. The van der Waals surface area contributed by atoms with Gasteiger partial charge in [-0.15, -0.1) is 0 Å². The number of nitrogens with zero attached hydrogens (tertiary/aromatic N) is 3. The van der Waals surface area contributed by atoms with Crippen molar-refractivity contribution in [2.75, 3.05) is 13.7 Å². The van der Waals surface area contributed by atoms with Gasteiger partial charge in [-0.1, -0.05) is 6.92 Å². The molecule has 5 heteroatoms. The molecule has 1 aromatic heterocycles. The zero-order chi connectivity index (χ0) is 13.5. The van der Waals surface area contributed by atoms with E-state index >= 15 is 0 Å². The number of hydrogen-bond donors (Lipinski definition) is 1. The Bertz CT molecular complexity index is 360. The molecule has 0 radical (unpaired) electrons. The van der Waals surface area contributed by atoms with Gasteiger partial charge in [0.2, 0.25) is 0 Å². The lowest BCUT2D eigenvalue weighted by Gasteiger charge is -2.18. The highest BCUT2D eigenvalue weighted by molar-refractivity contribution is 4.90. The summed E-state index contributed by atoms with van der Waals surface area (Å²) in [4.78, 5) is 4.38. The fraction of sp³-hybridized carbons (Fsp3) is 0.857. The topological polar surface area (TPSA) is 52.0 Å². The van der Waals surface area contributed by atoms with Crippen LogP contribution in [0.5, 0.6) is 0 Å². The molecule has 19 heavy (non-hydrogen) atoms. The van der Waals surface area contributed by atoms with Crippen LogP contribution in [0.3, 0.4) is 0 Å². The molecule has 1 aliphatic heterocycles. The van der Waals surface area contributed by atoms with Gasteiger partial charge < -0.3 is 10.1 Å². The summed E-state index contributed by atoms with van der Waals surface area (Å²) in [6.07, 6.45) is 8.91. The van der Waals surface area contributed by atoms with Gasteiger partial charge >= 0.3 is 0 Å². The lowest BCUT2D eigenvalue weighted by molar-refractivity contribution is 0.0997. The summed E-state index contributed by atoms with van der Waals surface area (Å²) < 4.78 is 7.71. The van der Waals surface area contributed by atoms with E-state index in [2.05, 4.69) is 22.3 Å². The quantitative estimate of drug-likeness (QED) is 0.779. The molecule has 1 fully saturated rings. The molecule has 2 atom stereocenters. The van der Waals surface area contributed by atoms with Crippen LogP contribution in [0.15, 0.2) is 6.33 Å². The summed E-state index contributed by atoms with van der Waals surface area (Å²) in [5.74, 6) is 1.09. The van der Waals surface area contributed by atoms with Gasteiger partial charge in [0, 0.05) is 25.6 Å². The van der Waals surface area contributed by atoms with E-state index in [1.54, 1.807) is 6.33 Å². The molecular formula is C14H26N4O. The van der Waals surface area contributed by atoms with Crippen molar-refractivity contribution in [2.45, 2.75) is 64.1 Å². The number of hydrogen-bond acceptors (Lipinski definition) is 4. The summed E-state index contributed by atoms with van der Waals surface area (Å²) in [6.45, 7) is 4.07. The molecule has 108 valence electrons. The summed E-state index contributed by atoms with van der Waals surface area (Å²) in [5, 5.41) is 7.68. The Balaban J connectivity index is 1.81. The average Bonchev–Trinajstić information content (AvgIpc) is 3.07. The molecule has 1 aromatic rings. The van der Waals surface area contributed by atoms with Crippen molar-refractivity contribution in [2.24, 2.45) is 0 Å². The van der Waals surface area contributed by atoms with Crippen molar-refractivity contribution >= 4 is 0 Å². The second kappa shape index (κ2) is 7.60. The largest absolute Gasteiger partial charge is 0.378 e. The molecule has 0 saturated carbocycles. The number of rotatable bonds is 8. The first kappa shape index (κ1) is 14.5. The predicted octanol–water partition coefficient (Wildman–Crippen LogP) is 1.78.